The van der Waals surface area contributed by atoms with Crippen LogP contribution in [0.3, 0.4) is 0 Å². The van der Waals surface area contributed by atoms with Gasteiger partial charge >= 0.3 is 5.97 Å². The normalized spacial score (nSPS) is 17.1. The molecule has 0 aliphatic carbocycles. The number of thiazole rings is 1. The molecule has 2 N–H and O–H groups in total. The number of likely N-dealkylation sites (N-methyl/N-ethyl adjacent to an activating group) is 1. The first-order valence-electron chi connectivity index (χ1n) is 13.9. The second-order valence-corrected chi connectivity index (χ2v) is 12.0. The first-order chi connectivity index (χ1) is 20.1. The molecule has 11 nitrogen and oxygen atoms in total. The number of halogens is 2. The Morgan fingerprint density at radius 1 is 1.19 bits per heavy atom. The molecule has 0 bridgehead atoms. The van der Waals surface area contributed by atoms with Crippen molar-refractivity contribution in [1.29, 1.82) is 0 Å². The lowest BCUT2D eigenvalue weighted by atomic mass is 9.88. The molecule has 0 radical (unpaired) electrons. The molecule has 4 rings (SSSR count). The van der Waals surface area contributed by atoms with Gasteiger partial charge in [0.15, 0.2) is 10.9 Å². The number of carbonyl (C=O) groups is 2. The Morgan fingerprint density at radius 3 is 2.60 bits per heavy atom. The van der Waals surface area contributed by atoms with E-state index >= 15 is 0 Å². The lowest BCUT2D eigenvalue weighted by Gasteiger charge is -2.38. The van der Waals surface area contributed by atoms with E-state index in [-0.39, 0.29) is 35.9 Å². The summed E-state index contributed by atoms with van der Waals surface area (Å²) in [5.74, 6) is 0.0693. The van der Waals surface area contributed by atoms with Crippen LogP contribution in [-0.2, 0) is 9.47 Å². The number of carbonyl (C=O) groups excluding carboxylic acids is 2. The van der Waals surface area contributed by atoms with Crippen molar-refractivity contribution in [2.24, 2.45) is 5.92 Å². The van der Waals surface area contributed by atoms with Crippen molar-refractivity contribution in [1.82, 2.24) is 24.8 Å². The zero-order chi connectivity index (χ0) is 30.4. The molecule has 42 heavy (non-hydrogen) atoms. The summed E-state index contributed by atoms with van der Waals surface area (Å²) in [6, 6.07) is 0. The van der Waals surface area contributed by atoms with Crippen LogP contribution in [0, 0.1) is 12.8 Å². The van der Waals surface area contributed by atoms with Crippen LogP contribution in [0.2, 0.25) is 10.0 Å². The van der Waals surface area contributed by atoms with Crippen molar-refractivity contribution >= 4 is 57.2 Å². The number of ether oxygens (including phenoxy) is 2. The van der Waals surface area contributed by atoms with Crippen molar-refractivity contribution in [2.45, 2.75) is 39.7 Å². The molecular weight excluding hydrogens is 601 g/mol. The Labute approximate surface area is 259 Å². The van der Waals surface area contributed by atoms with E-state index in [9.17, 15) is 9.59 Å². The summed E-state index contributed by atoms with van der Waals surface area (Å²) in [6.45, 7) is 8.95. The predicted molar refractivity (Wildman–Crippen MR) is 166 cm³/mol. The van der Waals surface area contributed by atoms with Gasteiger partial charge in [-0.15, -0.1) is 0 Å². The SMILES string of the molecule is CCOC(=O)c1sc(N2CC[C@@H](CC(=O)c3[nH]c(C)c(Cl)c3Cl)[C@@H](OCC)C2)nc1-c1cnc(NCCN(C)C)cn1. The van der Waals surface area contributed by atoms with Crippen LogP contribution in [-0.4, -0.2) is 96.2 Å². The summed E-state index contributed by atoms with van der Waals surface area (Å²) in [6.07, 6.45) is 4.00. The van der Waals surface area contributed by atoms with E-state index in [1.807, 2.05) is 21.0 Å². The number of H-pyrrole nitrogens is 1. The zero-order valence-electron chi connectivity index (χ0n) is 24.5. The molecule has 1 fully saturated rings. The minimum Gasteiger partial charge on any atom is -0.462 e. The molecule has 4 heterocycles. The molecule has 3 aromatic rings. The summed E-state index contributed by atoms with van der Waals surface area (Å²) in [4.78, 5) is 47.4. The van der Waals surface area contributed by atoms with Gasteiger partial charge in [-0.25, -0.2) is 19.7 Å². The highest BCUT2D eigenvalue weighted by molar-refractivity contribution is 7.17. The van der Waals surface area contributed by atoms with E-state index in [0.29, 0.717) is 69.7 Å². The van der Waals surface area contributed by atoms with Crippen LogP contribution in [0.1, 0.15) is 52.5 Å². The van der Waals surface area contributed by atoms with Crippen LogP contribution in [0.25, 0.3) is 11.4 Å². The van der Waals surface area contributed by atoms with Gasteiger partial charge in [0.25, 0.3) is 0 Å². The topological polar surface area (TPSA) is 126 Å². The zero-order valence-corrected chi connectivity index (χ0v) is 26.8. The maximum absolute atomic E-state index is 13.1. The quantitative estimate of drug-likeness (QED) is 0.191. The minimum absolute atomic E-state index is 0.0190. The standard InChI is InChI=1S/C28H37Cl2N7O4S/c1-6-40-20-15-37(10-8-17(20)12-19(38)25-23(30)22(29)16(3)34-25)28-35-24(26(42-28)27(39)41-7-2)18-13-33-21(14-32-18)31-9-11-36(4)5/h13-14,17,20,34H,6-12,15H2,1-5H3,(H,31,33)/t17-,20-/m0/s1. The van der Waals surface area contributed by atoms with Gasteiger partial charge in [-0.3, -0.25) is 4.79 Å². The fourth-order valence-electron chi connectivity index (χ4n) is 4.78. The molecular formula is C28H37Cl2N7O4S. The van der Waals surface area contributed by atoms with Gasteiger partial charge in [0, 0.05) is 44.9 Å². The number of aromatic nitrogens is 4. The van der Waals surface area contributed by atoms with E-state index in [0.717, 1.165) is 13.1 Å². The smallest absolute Gasteiger partial charge is 0.350 e. The van der Waals surface area contributed by atoms with E-state index in [2.05, 4.69) is 30.1 Å². The average molecular weight is 639 g/mol. The largest absolute Gasteiger partial charge is 0.462 e. The highest BCUT2D eigenvalue weighted by atomic mass is 35.5. The van der Waals surface area contributed by atoms with Crippen LogP contribution in [0.5, 0.6) is 0 Å². The molecule has 3 aromatic heterocycles. The Hall–Kier alpha value is -2.77. The molecule has 228 valence electrons. The lowest BCUT2D eigenvalue weighted by Crippen LogP contribution is -2.46. The fourth-order valence-corrected chi connectivity index (χ4v) is 6.22. The number of esters is 1. The fraction of sp³-hybridized carbons (Fsp3) is 0.536. The van der Waals surface area contributed by atoms with Gasteiger partial charge in [-0.2, -0.15) is 0 Å². The molecule has 14 heteroatoms. The second kappa shape index (κ2) is 14.6. The van der Waals surface area contributed by atoms with Gasteiger partial charge in [-0.1, -0.05) is 34.5 Å². The van der Waals surface area contributed by atoms with Crippen molar-refractivity contribution in [3.63, 3.8) is 0 Å². The average Bonchev–Trinajstić information content (AvgIpc) is 3.52. The van der Waals surface area contributed by atoms with Gasteiger partial charge in [0.1, 0.15) is 27.8 Å². The molecule has 0 unspecified atom stereocenters. The highest BCUT2D eigenvalue weighted by Gasteiger charge is 2.35. The van der Waals surface area contributed by atoms with E-state index < -0.39 is 5.97 Å². The molecule has 1 saturated heterocycles. The van der Waals surface area contributed by atoms with Gasteiger partial charge in [0.05, 0.1) is 35.1 Å². The van der Waals surface area contributed by atoms with Crippen LogP contribution < -0.4 is 10.2 Å². The summed E-state index contributed by atoms with van der Waals surface area (Å²) < 4.78 is 11.4. The number of aromatic amines is 1. The van der Waals surface area contributed by atoms with E-state index in [1.54, 1.807) is 26.2 Å². The first-order valence-corrected chi connectivity index (χ1v) is 15.5. The summed E-state index contributed by atoms with van der Waals surface area (Å²) in [5, 5.41) is 4.52. The molecule has 2 atom stereocenters. The maximum Gasteiger partial charge on any atom is 0.350 e. The molecule has 0 aromatic carbocycles. The summed E-state index contributed by atoms with van der Waals surface area (Å²) >= 11 is 13.8. The number of nitrogens with zero attached hydrogens (tertiary/aromatic N) is 5. The molecule has 0 amide bonds. The first kappa shape index (κ1) is 32.2. The third-order valence-corrected chi connectivity index (χ3v) is 9.01. The molecule has 0 spiro atoms. The lowest BCUT2D eigenvalue weighted by molar-refractivity contribution is 0.0103. The summed E-state index contributed by atoms with van der Waals surface area (Å²) in [5.41, 5.74) is 1.91. The Balaban J connectivity index is 1.52. The van der Waals surface area contributed by atoms with Crippen molar-refractivity contribution in [2.75, 3.05) is 63.7 Å². The Kier molecular flexibility index (Phi) is 11.2. The number of hydrogen-bond donors (Lipinski definition) is 2. The second-order valence-electron chi connectivity index (χ2n) is 10.3. The monoisotopic (exact) mass is 637 g/mol. The van der Waals surface area contributed by atoms with Gasteiger partial charge < -0.3 is 29.6 Å². The van der Waals surface area contributed by atoms with Gasteiger partial charge in [-0.05, 0) is 47.2 Å². The van der Waals surface area contributed by atoms with E-state index in [4.69, 9.17) is 37.7 Å². The van der Waals surface area contributed by atoms with E-state index in [1.165, 1.54) is 11.3 Å². The number of anilines is 2. The van der Waals surface area contributed by atoms with Gasteiger partial charge in [0.2, 0.25) is 0 Å². The van der Waals surface area contributed by atoms with Crippen molar-refractivity contribution in [3.05, 3.63) is 38.7 Å². The number of rotatable bonds is 13. The number of nitrogens with one attached hydrogen (secondary N) is 2. The number of hydrogen-bond acceptors (Lipinski definition) is 11. The third-order valence-electron chi connectivity index (χ3n) is 6.96. The summed E-state index contributed by atoms with van der Waals surface area (Å²) in [7, 11) is 4.00. The van der Waals surface area contributed by atoms with Crippen molar-refractivity contribution < 1.29 is 19.1 Å². The molecule has 1 aliphatic heterocycles. The number of piperidine rings is 1. The van der Waals surface area contributed by atoms with Crippen molar-refractivity contribution in [3.8, 4) is 11.4 Å². The predicted octanol–water partition coefficient (Wildman–Crippen LogP) is 5.20. The Morgan fingerprint density at radius 2 is 1.98 bits per heavy atom. The number of Topliss-reactive ketones (excluding diaryl/α,β-unsaturated/α-hetero) is 1. The number of aryl methyl sites for hydroxylation is 1. The molecule has 1 aliphatic rings. The van der Waals surface area contributed by atoms with Crippen LogP contribution in [0.15, 0.2) is 12.4 Å². The molecule has 0 saturated carbocycles. The Bertz CT molecular complexity index is 1380. The third kappa shape index (κ3) is 7.59. The van der Waals surface area contributed by atoms with Crippen LogP contribution >= 0.6 is 34.5 Å². The van der Waals surface area contributed by atoms with Crippen LogP contribution in [0.4, 0.5) is 10.9 Å². The highest BCUT2D eigenvalue weighted by Crippen LogP contribution is 2.37. The minimum atomic E-state index is -0.454. The number of ketones is 1. The maximum atomic E-state index is 13.1.